The lowest BCUT2D eigenvalue weighted by Gasteiger charge is -2.12. The second-order valence-electron chi connectivity index (χ2n) is 5.19. The third-order valence-corrected chi connectivity index (χ3v) is 4.33. The van der Waals surface area contributed by atoms with Crippen LogP contribution in [0.2, 0.25) is 0 Å². The molecule has 0 fully saturated rings. The van der Waals surface area contributed by atoms with E-state index < -0.39 is 22.0 Å². The van der Waals surface area contributed by atoms with Gasteiger partial charge < -0.3 is 4.74 Å². The minimum atomic E-state index is -3.74. The van der Waals surface area contributed by atoms with E-state index in [1.54, 1.807) is 12.1 Å². The van der Waals surface area contributed by atoms with Gasteiger partial charge in [0.1, 0.15) is 12.6 Å². The summed E-state index contributed by atoms with van der Waals surface area (Å²) in [6.45, 7) is 1.55. The molecule has 24 heavy (non-hydrogen) atoms. The van der Waals surface area contributed by atoms with Crippen LogP contribution in [0.1, 0.15) is 18.1 Å². The fraction of sp³-hybridized carbons (Fsp3) is 0.167. The maximum atomic E-state index is 12.0. The molecular weight excluding hydrogens is 326 g/mol. The summed E-state index contributed by atoms with van der Waals surface area (Å²) in [7, 11) is -3.74. The minimum absolute atomic E-state index is 0.103. The van der Waals surface area contributed by atoms with Crippen molar-refractivity contribution in [2.45, 2.75) is 19.6 Å². The molecule has 1 N–H and O–H groups in total. The molecule has 5 nitrogen and oxygen atoms in total. The standard InChI is InChI=1S/C18H19NO4S/c1-15(18(20)23-14-17-10-6-3-7-11-17)19-24(21,22)13-12-16-8-4-2-5-9-16/h2-13,15,19H,14H2,1H3/b13-12+/t15-/m0/s1. The van der Waals surface area contributed by atoms with Crippen molar-refractivity contribution in [1.29, 1.82) is 0 Å². The van der Waals surface area contributed by atoms with Gasteiger partial charge in [-0.15, -0.1) is 0 Å². The molecule has 2 aromatic carbocycles. The highest BCUT2D eigenvalue weighted by molar-refractivity contribution is 7.92. The molecular formula is C18H19NO4S. The number of carbonyl (C=O) groups is 1. The molecule has 2 rings (SSSR count). The Labute approximate surface area is 142 Å². The third kappa shape index (κ3) is 5.98. The Morgan fingerprint density at radius 2 is 1.67 bits per heavy atom. The van der Waals surface area contributed by atoms with E-state index in [1.807, 2.05) is 48.5 Å². The summed E-state index contributed by atoms with van der Waals surface area (Å²) in [4.78, 5) is 11.9. The van der Waals surface area contributed by atoms with Crippen molar-refractivity contribution in [2.24, 2.45) is 0 Å². The lowest BCUT2D eigenvalue weighted by molar-refractivity contribution is -0.146. The monoisotopic (exact) mass is 345 g/mol. The van der Waals surface area contributed by atoms with E-state index in [1.165, 1.54) is 13.0 Å². The molecule has 0 heterocycles. The quantitative estimate of drug-likeness (QED) is 0.783. The van der Waals surface area contributed by atoms with Crippen LogP contribution in [0.25, 0.3) is 6.08 Å². The Balaban J connectivity index is 1.88. The molecule has 0 aliphatic rings. The molecule has 0 bridgehead atoms. The number of esters is 1. The predicted octanol–water partition coefficient (Wildman–Crippen LogP) is 2.71. The molecule has 2 aromatic rings. The number of rotatable bonds is 7. The van der Waals surface area contributed by atoms with Gasteiger partial charge in [0.15, 0.2) is 0 Å². The first-order chi connectivity index (χ1) is 11.5. The van der Waals surface area contributed by atoms with E-state index in [-0.39, 0.29) is 6.61 Å². The maximum Gasteiger partial charge on any atom is 0.324 e. The van der Waals surface area contributed by atoms with Crippen LogP contribution in [-0.4, -0.2) is 20.4 Å². The zero-order chi connectivity index (χ0) is 17.4. The number of ether oxygens (including phenoxy) is 1. The predicted molar refractivity (Wildman–Crippen MR) is 93.2 cm³/mol. The Hall–Kier alpha value is -2.44. The molecule has 0 amide bonds. The van der Waals surface area contributed by atoms with Gasteiger partial charge in [0.2, 0.25) is 10.0 Å². The number of hydrogen-bond donors (Lipinski definition) is 1. The van der Waals surface area contributed by atoms with E-state index in [2.05, 4.69) is 4.72 Å². The Morgan fingerprint density at radius 3 is 2.29 bits per heavy atom. The van der Waals surface area contributed by atoms with Crippen molar-refractivity contribution in [3.05, 3.63) is 77.2 Å². The summed E-state index contributed by atoms with van der Waals surface area (Å²) in [5, 5.41) is 1.03. The van der Waals surface area contributed by atoms with Crippen molar-refractivity contribution in [2.75, 3.05) is 0 Å². The van der Waals surface area contributed by atoms with Gasteiger partial charge in [-0.05, 0) is 24.1 Å². The van der Waals surface area contributed by atoms with Gasteiger partial charge in [0.05, 0.1) is 0 Å². The van der Waals surface area contributed by atoms with Crippen LogP contribution in [0.15, 0.2) is 66.1 Å². The summed E-state index contributed by atoms with van der Waals surface area (Å²) in [5.41, 5.74) is 1.59. The van der Waals surface area contributed by atoms with Gasteiger partial charge in [0.25, 0.3) is 0 Å². The van der Waals surface area contributed by atoms with Crippen LogP contribution >= 0.6 is 0 Å². The molecule has 0 radical (unpaired) electrons. The molecule has 0 aromatic heterocycles. The second-order valence-corrected chi connectivity index (χ2v) is 6.79. The summed E-state index contributed by atoms with van der Waals surface area (Å²) in [6, 6.07) is 17.2. The van der Waals surface area contributed by atoms with E-state index in [0.717, 1.165) is 16.5 Å². The lowest BCUT2D eigenvalue weighted by Crippen LogP contribution is -2.38. The van der Waals surface area contributed by atoms with Crippen molar-refractivity contribution in [3.63, 3.8) is 0 Å². The number of hydrogen-bond acceptors (Lipinski definition) is 4. The Kier molecular flexibility index (Phi) is 6.28. The van der Waals surface area contributed by atoms with Crippen LogP contribution in [0.3, 0.4) is 0 Å². The number of sulfonamides is 1. The molecule has 0 spiro atoms. The molecule has 0 saturated carbocycles. The molecule has 0 aliphatic heterocycles. The van der Waals surface area contributed by atoms with Crippen molar-refractivity contribution < 1.29 is 17.9 Å². The fourth-order valence-corrected chi connectivity index (χ4v) is 2.92. The zero-order valence-electron chi connectivity index (χ0n) is 13.3. The topological polar surface area (TPSA) is 72.5 Å². The minimum Gasteiger partial charge on any atom is -0.460 e. The van der Waals surface area contributed by atoms with Gasteiger partial charge >= 0.3 is 5.97 Å². The average Bonchev–Trinajstić information content (AvgIpc) is 2.59. The summed E-state index contributed by atoms with van der Waals surface area (Å²) < 4.78 is 31.4. The Morgan fingerprint density at radius 1 is 1.08 bits per heavy atom. The Bertz CT molecular complexity index is 786. The van der Waals surface area contributed by atoms with Crippen molar-refractivity contribution in [1.82, 2.24) is 4.72 Å². The van der Waals surface area contributed by atoms with Crippen molar-refractivity contribution >= 4 is 22.1 Å². The van der Waals surface area contributed by atoms with E-state index >= 15 is 0 Å². The van der Waals surface area contributed by atoms with Crippen LogP contribution in [0.4, 0.5) is 0 Å². The van der Waals surface area contributed by atoms with Crippen LogP contribution in [0.5, 0.6) is 0 Å². The highest BCUT2D eigenvalue weighted by Crippen LogP contribution is 2.05. The summed E-state index contributed by atoms with van der Waals surface area (Å²) in [6.07, 6.45) is 1.46. The molecule has 126 valence electrons. The first-order valence-electron chi connectivity index (χ1n) is 7.42. The van der Waals surface area contributed by atoms with Gasteiger partial charge in [0, 0.05) is 5.41 Å². The molecule has 0 aliphatic carbocycles. The van der Waals surface area contributed by atoms with E-state index in [0.29, 0.717) is 0 Å². The maximum absolute atomic E-state index is 12.0. The molecule has 0 saturated heterocycles. The normalized spacial score (nSPS) is 12.9. The SMILES string of the molecule is C[C@H](NS(=O)(=O)/C=C/c1ccccc1)C(=O)OCc1ccccc1. The van der Waals surface area contributed by atoms with Gasteiger partial charge in [-0.2, -0.15) is 4.72 Å². The van der Waals surface area contributed by atoms with Crippen molar-refractivity contribution in [3.8, 4) is 0 Å². The van der Waals surface area contributed by atoms with Gasteiger partial charge in [-0.3, -0.25) is 4.79 Å². The zero-order valence-corrected chi connectivity index (χ0v) is 14.1. The van der Waals surface area contributed by atoms with Gasteiger partial charge in [-0.25, -0.2) is 8.42 Å². The highest BCUT2D eigenvalue weighted by Gasteiger charge is 2.19. The molecule has 1 atom stereocenters. The number of carbonyl (C=O) groups excluding carboxylic acids is 1. The molecule has 6 heteroatoms. The largest absolute Gasteiger partial charge is 0.460 e. The number of nitrogens with one attached hydrogen (secondary N) is 1. The first-order valence-corrected chi connectivity index (χ1v) is 8.97. The summed E-state index contributed by atoms with van der Waals surface area (Å²) in [5.74, 6) is -0.629. The fourth-order valence-electron chi connectivity index (χ4n) is 1.92. The molecule has 0 unspecified atom stereocenters. The lowest BCUT2D eigenvalue weighted by atomic mass is 10.2. The highest BCUT2D eigenvalue weighted by atomic mass is 32.2. The van der Waals surface area contributed by atoms with E-state index in [9.17, 15) is 13.2 Å². The van der Waals surface area contributed by atoms with Crippen LogP contribution in [0, 0.1) is 0 Å². The van der Waals surface area contributed by atoms with Crippen LogP contribution in [-0.2, 0) is 26.2 Å². The average molecular weight is 345 g/mol. The first kappa shape index (κ1) is 17.9. The second kappa shape index (κ2) is 8.42. The van der Waals surface area contributed by atoms with Crippen LogP contribution < -0.4 is 4.72 Å². The van der Waals surface area contributed by atoms with Gasteiger partial charge in [-0.1, -0.05) is 60.7 Å². The third-order valence-electron chi connectivity index (χ3n) is 3.16. The summed E-state index contributed by atoms with van der Waals surface area (Å²) >= 11 is 0. The smallest absolute Gasteiger partial charge is 0.324 e. The van der Waals surface area contributed by atoms with E-state index in [4.69, 9.17) is 4.74 Å². The number of benzene rings is 2.